The topological polar surface area (TPSA) is 59.9 Å². The third kappa shape index (κ3) is 6.20. The number of rotatable bonds is 7. The largest absolute Gasteiger partial charge is 0.396 e. The van der Waals surface area contributed by atoms with E-state index < -0.39 is 0 Å². The maximum Gasteiger partial charge on any atom is 0.191 e. The molecule has 3 N–H and O–H groups in total. The monoisotopic (exact) mass is 424 g/mol. The minimum atomic E-state index is 0. The predicted octanol–water partition coefficient (Wildman–Crippen LogP) is 1.81. The summed E-state index contributed by atoms with van der Waals surface area (Å²) in [5.41, 5.74) is 0.0901. The second-order valence-corrected chi connectivity index (χ2v) is 6.61. The van der Waals surface area contributed by atoms with E-state index in [1.54, 1.807) is 0 Å². The molecule has 6 heteroatoms. The second-order valence-electron chi connectivity index (χ2n) is 6.61. The van der Waals surface area contributed by atoms with Gasteiger partial charge in [0.1, 0.15) is 0 Å². The standard InChI is InChI=1S/C16H32N4O.HI/c1-3-9-20-10-5-14(6-11-20)19-15(17-4-2)18-12-16(13-21)7-8-16;/h14,21H,3-13H2,1-2H3,(H2,17,18,19);1H. The molecule has 5 nitrogen and oxygen atoms in total. The average molecular weight is 424 g/mol. The fourth-order valence-corrected chi connectivity index (χ4v) is 2.92. The summed E-state index contributed by atoms with van der Waals surface area (Å²) in [7, 11) is 0. The predicted molar refractivity (Wildman–Crippen MR) is 103 cm³/mol. The van der Waals surface area contributed by atoms with E-state index in [0.29, 0.717) is 6.04 Å². The van der Waals surface area contributed by atoms with Gasteiger partial charge in [0.05, 0.1) is 13.2 Å². The van der Waals surface area contributed by atoms with Gasteiger partial charge in [-0.2, -0.15) is 0 Å². The van der Waals surface area contributed by atoms with Crippen molar-refractivity contribution in [2.24, 2.45) is 10.4 Å². The number of hydrogen-bond acceptors (Lipinski definition) is 3. The van der Waals surface area contributed by atoms with Crippen molar-refractivity contribution < 1.29 is 5.11 Å². The number of aliphatic hydroxyl groups excluding tert-OH is 1. The minimum Gasteiger partial charge on any atom is -0.396 e. The normalized spacial score (nSPS) is 22.0. The highest BCUT2D eigenvalue weighted by Crippen LogP contribution is 2.45. The lowest BCUT2D eigenvalue weighted by atomic mass is 10.1. The first-order chi connectivity index (χ1) is 10.2. The number of halogens is 1. The molecular formula is C16H33IN4O. The van der Waals surface area contributed by atoms with Crippen LogP contribution in [0.4, 0.5) is 0 Å². The van der Waals surface area contributed by atoms with Crippen molar-refractivity contribution in [2.45, 2.75) is 52.0 Å². The molecule has 0 spiro atoms. The Kier molecular flexibility index (Phi) is 9.01. The molecule has 1 aliphatic carbocycles. The van der Waals surface area contributed by atoms with E-state index in [1.165, 1.54) is 38.9 Å². The van der Waals surface area contributed by atoms with Crippen LogP contribution in [0.25, 0.3) is 0 Å². The Hall–Kier alpha value is -0.0800. The highest BCUT2D eigenvalue weighted by atomic mass is 127. The van der Waals surface area contributed by atoms with Crippen LogP contribution in [-0.4, -0.2) is 61.3 Å². The zero-order chi connectivity index (χ0) is 15.1. The molecule has 2 rings (SSSR count). The summed E-state index contributed by atoms with van der Waals surface area (Å²) in [5, 5.41) is 16.3. The highest BCUT2D eigenvalue weighted by Gasteiger charge is 2.41. The van der Waals surface area contributed by atoms with E-state index in [9.17, 15) is 5.11 Å². The van der Waals surface area contributed by atoms with Gasteiger partial charge in [-0.05, 0) is 45.6 Å². The first-order valence-corrected chi connectivity index (χ1v) is 8.59. The number of nitrogens with zero attached hydrogens (tertiary/aromatic N) is 2. The smallest absolute Gasteiger partial charge is 0.191 e. The Morgan fingerprint density at radius 3 is 2.45 bits per heavy atom. The second kappa shape index (κ2) is 9.93. The maximum absolute atomic E-state index is 9.38. The molecule has 0 amide bonds. The van der Waals surface area contributed by atoms with E-state index in [1.807, 2.05) is 0 Å². The van der Waals surface area contributed by atoms with Gasteiger partial charge in [-0.1, -0.05) is 6.92 Å². The molecule has 0 bridgehead atoms. The van der Waals surface area contributed by atoms with Crippen molar-refractivity contribution >= 4 is 29.9 Å². The Balaban J connectivity index is 0.00000242. The lowest BCUT2D eigenvalue weighted by molar-refractivity contribution is 0.205. The fourth-order valence-electron chi connectivity index (χ4n) is 2.92. The molecule has 22 heavy (non-hydrogen) atoms. The molecular weight excluding hydrogens is 391 g/mol. The lowest BCUT2D eigenvalue weighted by Crippen LogP contribution is -2.49. The van der Waals surface area contributed by atoms with Crippen LogP contribution >= 0.6 is 24.0 Å². The maximum atomic E-state index is 9.38. The molecule has 0 atom stereocenters. The van der Waals surface area contributed by atoms with Crippen molar-refractivity contribution in [3.05, 3.63) is 0 Å². The van der Waals surface area contributed by atoms with E-state index in [0.717, 1.165) is 31.9 Å². The molecule has 0 aromatic carbocycles. The quantitative estimate of drug-likeness (QED) is 0.332. The third-order valence-electron chi connectivity index (χ3n) is 4.68. The molecule has 1 saturated carbocycles. The summed E-state index contributed by atoms with van der Waals surface area (Å²) < 4.78 is 0. The van der Waals surface area contributed by atoms with Crippen molar-refractivity contribution in [2.75, 3.05) is 39.3 Å². The Labute approximate surface area is 152 Å². The first kappa shape index (κ1) is 20.0. The van der Waals surface area contributed by atoms with Gasteiger partial charge in [0.15, 0.2) is 5.96 Å². The Morgan fingerprint density at radius 1 is 1.27 bits per heavy atom. The number of guanidine groups is 1. The Morgan fingerprint density at radius 2 is 1.95 bits per heavy atom. The molecule has 0 aromatic heterocycles. The summed E-state index contributed by atoms with van der Waals surface area (Å²) in [4.78, 5) is 7.24. The van der Waals surface area contributed by atoms with Crippen LogP contribution in [0.15, 0.2) is 4.99 Å². The first-order valence-electron chi connectivity index (χ1n) is 8.59. The van der Waals surface area contributed by atoms with Crippen molar-refractivity contribution in [1.82, 2.24) is 15.5 Å². The third-order valence-corrected chi connectivity index (χ3v) is 4.68. The molecule has 2 fully saturated rings. The van der Waals surface area contributed by atoms with Crippen LogP contribution in [0.5, 0.6) is 0 Å². The van der Waals surface area contributed by atoms with Crippen molar-refractivity contribution in [3.8, 4) is 0 Å². The van der Waals surface area contributed by atoms with Gasteiger partial charge in [-0.15, -0.1) is 24.0 Å². The van der Waals surface area contributed by atoms with Gasteiger partial charge in [-0.3, -0.25) is 4.99 Å². The summed E-state index contributed by atoms with van der Waals surface area (Å²) in [6, 6.07) is 0.528. The number of aliphatic hydroxyl groups is 1. The molecule has 130 valence electrons. The van der Waals surface area contributed by atoms with Crippen LogP contribution in [0.2, 0.25) is 0 Å². The SMILES string of the molecule is CCCN1CCC(NC(=NCC2(CO)CC2)NCC)CC1.I. The number of piperidine rings is 1. The van der Waals surface area contributed by atoms with E-state index in [-0.39, 0.29) is 36.0 Å². The van der Waals surface area contributed by atoms with Crippen LogP contribution < -0.4 is 10.6 Å². The van der Waals surface area contributed by atoms with E-state index in [2.05, 4.69) is 34.4 Å². The molecule has 0 radical (unpaired) electrons. The summed E-state index contributed by atoms with van der Waals surface area (Å²) in [6.07, 6.45) is 5.85. The molecule has 1 saturated heterocycles. The van der Waals surface area contributed by atoms with Crippen molar-refractivity contribution in [3.63, 3.8) is 0 Å². The molecule has 1 heterocycles. The summed E-state index contributed by atoms with van der Waals surface area (Å²) in [6.45, 7) is 9.83. The number of aliphatic imine (C=N–C) groups is 1. The summed E-state index contributed by atoms with van der Waals surface area (Å²) >= 11 is 0. The Bertz CT molecular complexity index is 339. The van der Waals surface area contributed by atoms with E-state index >= 15 is 0 Å². The van der Waals surface area contributed by atoms with Crippen LogP contribution in [-0.2, 0) is 0 Å². The van der Waals surface area contributed by atoms with Gasteiger partial charge >= 0.3 is 0 Å². The van der Waals surface area contributed by atoms with Gasteiger partial charge < -0.3 is 20.6 Å². The lowest BCUT2D eigenvalue weighted by Gasteiger charge is -2.32. The van der Waals surface area contributed by atoms with Crippen LogP contribution in [0.1, 0.15) is 46.0 Å². The molecule has 0 unspecified atom stereocenters. The fraction of sp³-hybridized carbons (Fsp3) is 0.938. The molecule has 2 aliphatic rings. The van der Waals surface area contributed by atoms with Gasteiger partial charge in [0.2, 0.25) is 0 Å². The number of nitrogens with one attached hydrogen (secondary N) is 2. The number of hydrogen-bond donors (Lipinski definition) is 3. The van der Waals surface area contributed by atoms with E-state index in [4.69, 9.17) is 0 Å². The van der Waals surface area contributed by atoms with Gasteiger partial charge in [0.25, 0.3) is 0 Å². The van der Waals surface area contributed by atoms with Gasteiger partial charge in [-0.25, -0.2) is 0 Å². The highest BCUT2D eigenvalue weighted by molar-refractivity contribution is 14.0. The zero-order valence-corrected chi connectivity index (χ0v) is 16.4. The average Bonchev–Trinajstić information content (AvgIpc) is 3.28. The van der Waals surface area contributed by atoms with Crippen molar-refractivity contribution in [1.29, 1.82) is 0 Å². The summed E-state index contributed by atoms with van der Waals surface area (Å²) in [5.74, 6) is 0.922. The van der Waals surface area contributed by atoms with Crippen LogP contribution in [0, 0.1) is 5.41 Å². The van der Waals surface area contributed by atoms with Crippen LogP contribution in [0.3, 0.4) is 0 Å². The zero-order valence-electron chi connectivity index (χ0n) is 14.1. The molecule has 0 aromatic rings. The minimum absolute atomic E-state index is 0. The van der Waals surface area contributed by atoms with Gasteiger partial charge in [0, 0.05) is 31.1 Å². The molecule has 1 aliphatic heterocycles. The number of likely N-dealkylation sites (tertiary alicyclic amines) is 1.